The van der Waals surface area contributed by atoms with Crippen LogP contribution in [0, 0.1) is 0 Å². The molecule has 0 aliphatic rings. The summed E-state index contributed by atoms with van der Waals surface area (Å²) in [6.07, 6.45) is 0. The summed E-state index contributed by atoms with van der Waals surface area (Å²) < 4.78 is 10.6. The molecule has 18 heavy (non-hydrogen) atoms. The van der Waals surface area contributed by atoms with E-state index in [9.17, 15) is 9.82 Å². The van der Waals surface area contributed by atoms with Crippen molar-refractivity contribution in [1.29, 1.82) is 0 Å². The summed E-state index contributed by atoms with van der Waals surface area (Å²) in [5.74, 6) is -0.422. The van der Waals surface area contributed by atoms with Crippen LogP contribution in [0.2, 0.25) is 25.0 Å². The van der Waals surface area contributed by atoms with E-state index in [2.05, 4.69) is 43.8 Å². The lowest BCUT2D eigenvalue weighted by atomic mass is 9.87. The highest BCUT2D eigenvalue weighted by Gasteiger charge is 2.38. The number of esters is 1. The van der Waals surface area contributed by atoms with Crippen LogP contribution >= 0.6 is 0 Å². The summed E-state index contributed by atoms with van der Waals surface area (Å²) in [5, 5.41) is 12.1. The van der Waals surface area contributed by atoms with Gasteiger partial charge in [-0.25, -0.2) is 0 Å². The summed E-state index contributed by atoms with van der Waals surface area (Å²) in [6, 6.07) is -0.635. The molecule has 0 amide bonds. The van der Waals surface area contributed by atoms with E-state index in [4.69, 9.17) is 4.43 Å². The molecule has 2 N–H and O–H groups in total. The van der Waals surface area contributed by atoms with Crippen molar-refractivity contribution in [2.75, 3.05) is 13.7 Å². The zero-order valence-electron chi connectivity index (χ0n) is 12.5. The highest BCUT2D eigenvalue weighted by molar-refractivity contribution is 6.74. The fourth-order valence-electron chi connectivity index (χ4n) is 1.13. The van der Waals surface area contributed by atoms with Gasteiger partial charge in [-0.3, -0.25) is 4.79 Å². The second kappa shape index (κ2) is 6.70. The van der Waals surface area contributed by atoms with Gasteiger partial charge in [0.25, 0.3) is 0 Å². The molecule has 0 saturated carbocycles. The van der Waals surface area contributed by atoms with Gasteiger partial charge in [0.05, 0.1) is 13.7 Å². The Bertz CT molecular complexity index is 279. The van der Waals surface area contributed by atoms with Crippen LogP contribution in [0.15, 0.2) is 0 Å². The van der Waals surface area contributed by atoms with E-state index in [-0.39, 0.29) is 11.6 Å². The molecule has 7 heteroatoms. The smallest absolute Gasteiger partial charge is 0.374 e. The first-order chi connectivity index (χ1) is 8.01. The monoisotopic (exact) mass is 275 g/mol. The van der Waals surface area contributed by atoms with E-state index in [1.54, 1.807) is 6.82 Å². The van der Waals surface area contributed by atoms with Crippen molar-refractivity contribution >= 4 is 21.3 Å². The van der Waals surface area contributed by atoms with Crippen LogP contribution < -0.4 is 5.23 Å². The minimum atomic E-state index is -1.91. The molecule has 0 aromatic rings. The first-order valence-corrected chi connectivity index (χ1v) is 9.08. The van der Waals surface area contributed by atoms with Crippen molar-refractivity contribution in [3.63, 3.8) is 0 Å². The van der Waals surface area contributed by atoms with Gasteiger partial charge < -0.3 is 19.4 Å². The minimum Gasteiger partial charge on any atom is -0.468 e. The van der Waals surface area contributed by atoms with Crippen LogP contribution in [-0.2, 0) is 14.0 Å². The number of carbonyl (C=O) groups excluding carboxylic acids is 1. The normalized spacial score (nSPS) is 14.2. The summed E-state index contributed by atoms with van der Waals surface area (Å²) in [5.41, 5.74) is 0. The van der Waals surface area contributed by atoms with Gasteiger partial charge in [-0.2, -0.15) is 0 Å². The number of methoxy groups -OCH3 is 1. The molecule has 0 spiro atoms. The Balaban J connectivity index is 4.57. The number of nitrogens with one attached hydrogen (secondary N) is 1. The van der Waals surface area contributed by atoms with Crippen LogP contribution in [-0.4, -0.2) is 46.1 Å². The number of carbonyl (C=O) groups is 1. The number of rotatable bonds is 6. The van der Waals surface area contributed by atoms with Gasteiger partial charge >= 0.3 is 13.0 Å². The van der Waals surface area contributed by atoms with Crippen molar-refractivity contribution in [1.82, 2.24) is 5.23 Å². The molecular weight excluding hydrogens is 249 g/mol. The molecule has 0 bridgehead atoms. The molecule has 0 rings (SSSR count). The topological polar surface area (TPSA) is 67.8 Å². The summed E-state index contributed by atoms with van der Waals surface area (Å²) >= 11 is 0. The van der Waals surface area contributed by atoms with Crippen molar-refractivity contribution in [3.05, 3.63) is 0 Å². The fraction of sp³-hybridized carbons (Fsp3) is 0.909. The van der Waals surface area contributed by atoms with Gasteiger partial charge in [0.1, 0.15) is 6.04 Å². The van der Waals surface area contributed by atoms with E-state index in [1.165, 1.54) is 7.11 Å². The molecule has 0 aliphatic heterocycles. The molecule has 5 nitrogen and oxygen atoms in total. The quantitative estimate of drug-likeness (QED) is 0.564. The number of hydrogen-bond donors (Lipinski definition) is 2. The Kier molecular flexibility index (Phi) is 6.56. The third kappa shape index (κ3) is 5.52. The van der Waals surface area contributed by atoms with Crippen LogP contribution in [0.3, 0.4) is 0 Å². The summed E-state index contributed by atoms with van der Waals surface area (Å²) in [7, 11) is -1.36. The van der Waals surface area contributed by atoms with Crippen LogP contribution in [0.1, 0.15) is 20.8 Å². The van der Waals surface area contributed by atoms with Crippen molar-refractivity contribution in [2.24, 2.45) is 0 Å². The third-order valence-corrected chi connectivity index (χ3v) is 7.85. The van der Waals surface area contributed by atoms with Crippen molar-refractivity contribution < 1.29 is 19.0 Å². The zero-order valence-corrected chi connectivity index (χ0v) is 13.5. The van der Waals surface area contributed by atoms with Gasteiger partial charge in [-0.1, -0.05) is 20.8 Å². The fourth-order valence-corrected chi connectivity index (χ4v) is 2.14. The predicted molar refractivity (Wildman–Crippen MR) is 75.9 cm³/mol. The molecule has 0 aromatic heterocycles. The number of hydrogen-bond acceptors (Lipinski definition) is 5. The maximum Gasteiger partial charge on any atom is 0.374 e. The second-order valence-corrected chi connectivity index (χ2v) is 10.8. The molecule has 0 unspecified atom stereocenters. The zero-order chi connectivity index (χ0) is 14.6. The summed E-state index contributed by atoms with van der Waals surface area (Å²) in [4.78, 5) is 11.6. The molecule has 0 saturated heterocycles. The minimum absolute atomic E-state index is 0.0818. The SMILES string of the molecule is COC(=O)[C@@H](CO[Si](C)(C)C(C)(C)C)NB(C)O. The molecule has 0 aromatic carbocycles. The van der Waals surface area contributed by atoms with E-state index >= 15 is 0 Å². The predicted octanol–water partition coefficient (Wildman–Crippen LogP) is 1.25. The molecule has 0 aliphatic carbocycles. The Morgan fingerprint density at radius 3 is 2.28 bits per heavy atom. The van der Waals surface area contributed by atoms with Crippen molar-refractivity contribution in [3.8, 4) is 0 Å². The molecule has 0 heterocycles. The largest absolute Gasteiger partial charge is 0.468 e. The van der Waals surface area contributed by atoms with E-state index < -0.39 is 27.4 Å². The van der Waals surface area contributed by atoms with Crippen LogP contribution in [0.5, 0.6) is 0 Å². The average Bonchev–Trinajstić information content (AvgIpc) is 2.21. The van der Waals surface area contributed by atoms with E-state index in [0.717, 1.165) is 0 Å². The maximum atomic E-state index is 11.6. The van der Waals surface area contributed by atoms with E-state index in [0.29, 0.717) is 0 Å². The highest BCUT2D eigenvalue weighted by Crippen LogP contribution is 2.36. The number of ether oxygens (including phenoxy) is 1. The van der Waals surface area contributed by atoms with Gasteiger partial charge in [0.2, 0.25) is 0 Å². The lowest BCUT2D eigenvalue weighted by Crippen LogP contribution is -2.51. The second-order valence-electron chi connectivity index (χ2n) is 5.99. The maximum absolute atomic E-state index is 11.6. The first-order valence-electron chi connectivity index (χ1n) is 6.17. The Labute approximate surface area is 112 Å². The highest BCUT2D eigenvalue weighted by atomic mass is 28.4. The van der Waals surface area contributed by atoms with Gasteiger partial charge in [-0.05, 0) is 25.0 Å². The molecule has 1 atom stereocenters. The van der Waals surface area contributed by atoms with E-state index in [1.807, 2.05) is 0 Å². The van der Waals surface area contributed by atoms with Gasteiger partial charge in [0.15, 0.2) is 8.32 Å². The standard InChI is InChI=1S/C11H26BNO4Si/c1-11(2,3)18(6,7)17-8-9(10(14)16-5)13-12(4)15/h9,13,15H,8H2,1-7H3/t9-/m1/s1. The van der Waals surface area contributed by atoms with Gasteiger partial charge in [0, 0.05) is 0 Å². The molecule has 106 valence electrons. The Morgan fingerprint density at radius 1 is 1.44 bits per heavy atom. The van der Waals surface area contributed by atoms with Crippen molar-refractivity contribution in [2.45, 2.75) is 51.8 Å². The molecule has 0 radical (unpaired) electrons. The lowest BCUT2D eigenvalue weighted by Gasteiger charge is -2.37. The lowest BCUT2D eigenvalue weighted by molar-refractivity contribution is -0.143. The van der Waals surface area contributed by atoms with Crippen LogP contribution in [0.4, 0.5) is 0 Å². The third-order valence-electron chi connectivity index (χ3n) is 3.35. The summed E-state index contributed by atoms with van der Waals surface area (Å²) in [6.45, 7) is 12.4. The average molecular weight is 275 g/mol. The Hall–Kier alpha value is -0.368. The Morgan fingerprint density at radius 2 is 1.94 bits per heavy atom. The van der Waals surface area contributed by atoms with Gasteiger partial charge in [-0.15, -0.1) is 0 Å². The van der Waals surface area contributed by atoms with Crippen LogP contribution in [0.25, 0.3) is 0 Å². The molecule has 0 fully saturated rings. The molecular formula is C11H26BNO4Si. The first kappa shape index (κ1) is 17.6.